The number of nitrogens with one attached hydrogen (secondary N) is 3. The highest BCUT2D eigenvalue weighted by atomic mass is 79.9. The molecule has 0 saturated heterocycles. The van der Waals surface area contributed by atoms with Gasteiger partial charge in [0, 0.05) is 28.7 Å². The molecule has 1 aliphatic rings. The molecule has 31 heavy (non-hydrogen) atoms. The number of rotatable bonds is 8. The number of hydrogen-bond acceptors (Lipinski definition) is 4. The topological polar surface area (TPSA) is 95.3 Å². The fourth-order valence-corrected chi connectivity index (χ4v) is 3.87. The summed E-state index contributed by atoms with van der Waals surface area (Å²) in [5, 5.41) is 17.3. The first-order valence-electron chi connectivity index (χ1n) is 10.2. The Bertz CT molecular complexity index is 951. The predicted octanol–water partition coefficient (Wildman–Crippen LogP) is 1.70. The third kappa shape index (κ3) is 4.84. The highest BCUT2D eigenvalue weighted by Gasteiger charge is 2.52. The van der Waals surface area contributed by atoms with Gasteiger partial charge in [-0.3, -0.25) is 9.69 Å². The Morgan fingerprint density at radius 1 is 1.26 bits per heavy atom. The molecule has 3 rings (SSSR count). The Morgan fingerprint density at radius 2 is 1.97 bits per heavy atom. The molecular formula is C22H28BrN4O4+. The molecule has 2 aromatic rings. The van der Waals surface area contributed by atoms with Crippen molar-refractivity contribution in [2.45, 2.75) is 19.1 Å². The van der Waals surface area contributed by atoms with Crippen LogP contribution in [0.15, 0.2) is 46.9 Å². The zero-order valence-electron chi connectivity index (χ0n) is 17.9. The average molecular weight is 492 g/mol. The number of fused-ring (bicyclic) bond motifs is 1. The Hall–Kier alpha value is -2.62. The van der Waals surface area contributed by atoms with E-state index < -0.39 is 17.7 Å². The van der Waals surface area contributed by atoms with Crippen LogP contribution in [0.1, 0.15) is 18.9 Å². The number of aliphatic hydroxyl groups is 1. The van der Waals surface area contributed by atoms with E-state index in [1.165, 1.54) is 4.90 Å². The van der Waals surface area contributed by atoms with Crippen molar-refractivity contribution in [1.82, 2.24) is 5.32 Å². The first kappa shape index (κ1) is 23.1. The molecule has 4 N–H and O–H groups in total. The minimum absolute atomic E-state index is 0.283. The minimum atomic E-state index is -2.22. The molecule has 9 heteroatoms. The lowest BCUT2D eigenvalue weighted by molar-refractivity contribution is -0.858. The SMILES string of the molecule is CCOc1ccc(N2C(=O)Nc3ccc(Br)cc3C2(O)C(=O)NCCC[NH+](C)C)cc1. The van der Waals surface area contributed by atoms with Crippen molar-refractivity contribution in [2.24, 2.45) is 0 Å². The predicted molar refractivity (Wildman–Crippen MR) is 122 cm³/mol. The van der Waals surface area contributed by atoms with Crippen molar-refractivity contribution in [3.05, 3.63) is 52.5 Å². The van der Waals surface area contributed by atoms with E-state index in [0.717, 1.165) is 17.9 Å². The van der Waals surface area contributed by atoms with Gasteiger partial charge in [0.2, 0.25) is 0 Å². The van der Waals surface area contributed by atoms with E-state index in [4.69, 9.17) is 4.74 Å². The van der Waals surface area contributed by atoms with Gasteiger partial charge in [0.15, 0.2) is 0 Å². The molecule has 0 aliphatic carbocycles. The summed E-state index contributed by atoms with van der Waals surface area (Å²) < 4.78 is 6.14. The number of benzene rings is 2. The number of hydrogen-bond donors (Lipinski definition) is 4. The molecule has 1 heterocycles. The highest BCUT2D eigenvalue weighted by Crippen LogP contribution is 2.41. The third-order valence-electron chi connectivity index (χ3n) is 4.99. The molecular weight excluding hydrogens is 464 g/mol. The number of amides is 3. The smallest absolute Gasteiger partial charge is 0.329 e. The summed E-state index contributed by atoms with van der Waals surface area (Å²) >= 11 is 3.40. The Balaban J connectivity index is 2.00. The van der Waals surface area contributed by atoms with E-state index in [9.17, 15) is 14.7 Å². The number of carbonyl (C=O) groups excluding carboxylic acids is 2. The monoisotopic (exact) mass is 491 g/mol. The van der Waals surface area contributed by atoms with Crippen LogP contribution < -0.4 is 25.2 Å². The van der Waals surface area contributed by atoms with Gasteiger partial charge in [0.25, 0.3) is 11.6 Å². The molecule has 0 fully saturated rings. The van der Waals surface area contributed by atoms with Gasteiger partial charge < -0.3 is 25.4 Å². The second-order valence-corrected chi connectivity index (χ2v) is 8.54. The summed E-state index contributed by atoms with van der Waals surface area (Å²) in [4.78, 5) is 28.7. The molecule has 3 amide bonds. The number of ether oxygens (including phenoxy) is 1. The van der Waals surface area contributed by atoms with Gasteiger partial charge in [0.05, 0.1) is 32.9 Å². The van der Waals surface area contributed by atoms with Gasteiger partial charge in [0.1, 0.15) is 5.75 Å². The van der Waals surface area contributed by atoms with Crippen LogP contribution in [0.2, 0.25) is 0 Å². The number of quaternary nitrogens is 1. The summed E-state index contributed by atoms with van der Waals surface area (Å²) in [7, 11) is 4.06. The van der Waals surface area contributed by atoms with Crippen LogP contribution in [-0.4, -0.2) is 50.8 Å². The second kappa shape index (κ2) is 9.67. The average Bonchev–Trinajstić information content (AvgIpc) is 2.73. The Labute approximate surface area is 190 Å². The second-order valence-electron chi connectivity index (χ2n) is 7.62. The number of carbonyl (C=O) groups is 2. The summed E-state index contributed by atoms with van der Waals surface area (Å²) in [6, 6.07) is 11.1. The minimum Gasteiger partial charge on any atom is -0.494 e. The van der Waals surface area contributed by atoms with Crippen molar-refractivity contribution in [3.8, 4) is 5.75 Å². The van der Waals surface area contributed by atoms with Gasteiger partial charge in [-0.05, 0) is 49.4 Å². The fraction of sp³-hybridized carbons (Fsp3) is 0.364. The van der Waals surface area contributed by atoms with E-state index >= 15 is 0 Å². The van der Waals surface area contributed by atoms with Crippen molar-refractivity contribution in [2.75, 3.05) is 44.0 Å². The molecule has 8 nitrogen and oxygen atoms in total. The Kier molecular flexibility index (Phi) is 7.19. The van der Waals surface area contributed by atoms with Gasteiger partial charge in [-0.25, -0.2) is 4.79 Å². The molecule has 0 spiro atoms. The third-order valence-corrected chi connectivity index (χ3v) is 5.48. The van der Waals surface area contributed by atoms with E-state index in [0.29, 0.717) is 34.7 Å². The van der Waals surface area contributed by atoms with Crippen molar-refractivity contribution < 1.29 is 24.3 Å². The van der Waals surface area contributed by atoms with Gasteiger partial charge >= 0.3 is 6.03 Å². The standard InChI is InChI=1S/C22H27BrN4O4/c1-4-31-17-9-7-16(8-10-17)27-21(29)25-19-11-6-15(23)14-18(19)22(27,30)20(28)24-12-5-13-26(2)3/h6-11,14,30H,4-5,12-13H2,1-3H3,(H,24,28)(H,25,29)/p+1. The van der Waals surface area contributed by atoms with Gasteiger partial charge in [-0.2, -0.15) is 0 Å². The summed E-state index contributed by atoms with van der Waals surface area (Å²) in [6.07, 6.45) is 0.741. The van der Waals surface area contributed by atoms with Crippen LogP contribution >= 0.6 is 15.9 Å². The number of urea groups is 1. The molecule has 166 valence electrons. The number of anilines is 2. The molecule has 0 bridgehead atoms. The summed E-state index contributed by atoms with van der Waals surface area (Å²) in [5.74, 6) is -0.0321. The maximum absolute atomic E-state index is 13.3. The maximum Gasteiger partial charge on any atom is 0.329 e. The van der Waals surface area contributed by atoms with E-state index in [2.05, 4.69) is 26.6 Å². The van der Waals surface area contributed by atoms with Crippen molar-refractivity contribution >= 4 is 39.2 Å². The van der Waals surface area contributed by atoms with Crippen LogP contribution in [0.3, 0.4) is 0 Å². The lowest BCUT2D eigenvalue weighted by atomic mass is 9.94. The Morgan fingerprint density at radius 3 is 2.61 bits per heavy atom. The number of nitrogens with zero attached hydrogens (tertiary/aromatic N) is 1. The van der Waals surface area contributed by atoms with Crippen LogP contribution in [0.25, 0.3) is 0 Å². The van der Waals surface area contributed by atoms with Gasteiger partial charge in [-0.15, -0.1) is 0 Å². The van der Waals surface area contributed by atoms with E-state index in [1.54, 1.807) is 42.5 Å². The van der Waals surface area contributed by atoms with Crippen molar-refractivity contribution in [3.63, 3.8) is 0 Å². The quantitative estimate of drug-likeness (QED) is 0.422. The van der Waals surface area contributed by atoms with Crippen molar-refractivity contribution in [1.29, 1.82) is 0 Å². The molecule has 1 aliphatic heterocycles. The zero-order chi connectivity index (χ0) is 22.6. The van der Waals surface area contributed by atoms with Crippen LogP contribution in [0.4, 0.5) is 16.2 Å². The van der Waals surface area contributed by atoms with Crippen LogP contribution in [0.5, 0.6) is 5.75 Å². The number of halogens is 1. The molecule has 1 unspecified atom stereocenters. The van der Waals surface area contributed by atoms with Crippen LogP contribution in [-0.2, 0) is 10.5 Å². The van der Waals surface area contributed by atoms with Gasteiger partial charge in [-0.1, -0.05) is 15.9 Å². The normalized spacial score (nSPS) is 17.9. The lowest BCUT2D eigenvalue weighted by Crippen LogP contribution is -3.05. The summed E-state index contributed by atoms with van der Waals surface area (Å²) in [6.45, 7) is 3.63. The first-order valence-corrected chi connectivity index (χ1v) is 11.0. The first-order chi connectivity index (χ1) is 14.8. The zero-order valence-corrected chi connectivity index (χ0v) is 19.5. The highest BCUT2D eigenvalue weighted by molar-refractivity contribution is 9.10. The summed E-state index contributed by atoms with van der Waals surface area (Å²) in [5.41, 5.74) is -1.20. The molecule has 0 saturated carbocycles. The van der Waals surface area contributed by atoms with E-state index in [1.807, 2.05) is 21.0 Å². The molecule has 0 aromatic heterocycles. The fourth-order valence-electron chi connectivity index (χ4n) is 3.51. The van der Waals surface area contributed by atoms with Crippen LogP contribution in [0, 0.1) is 0 Å². The molecule has 0 radical (unpaired) electrons. The lowest BCUT2D eigenvalue weighted by Gasteiger charge is -2.42. The maximum atomic E-state index is 13.3. The largest absolute Gasteiger partial charge is 0.494 e. The van der Waals surface area contributed by atoms with E-state index in [-0.39, 0.29) is 5.56 Å². The molecule has 2 aromatic carbocycles. The molecule has 1 atom stereocenters.